The van der Waals surface area contributed by atoms with Crippen molar-refractivity contribution in [2.75, 3.05) is 0 Å². The maximum atomic E-state index is 14.4. The topological polar surface area (TPSA) is 0 Å². The van der Waals surface area contributed by atoms with Crippen LogP contribution in [0.15, 0.2) is 84.9 Å². The summed E-state index contributed by atoms with van der Waals surface area (Å²) in [5.74, 6) is -0.0109. The van der Waals surface area contributed by atoms with Crippen LogP contribution in [0.25, 0.3) is 17.2 Å². The van der Waals surface area contributed by atoms with Gasteiger partial charge in [-0.25, -0.2) is 4.39 Å². The molecule has 0 heterocycles. The van der Waals surface area contributed by atoms with E-state index < -0.39 is 0 Å². The van der Waals surface area contributed by atoms with Crippen molar-refractivity contribution in [2.24, 2.45) is 0 Å². The third-order valence-electron chi connectivity index (χ3n) is 3.98. The molecule has 0 amide bonds. The van der Waals surface area contributed by atoms with Gasteiger partial charge in [-0.1, -0.05) is 91.9 Å². The molecule has 0 saturated carbocycles. The van der Waals surface area contributed by atoms with E-state index in [-0.39, 0.29) is 11.7 Å². The molecule has 0 aliphatic rings. The lowest BCUT2D eigenvalue weighted by molar-refractivity contribution is 0.628. The van der Waals surface area contributed by atoms with Crippen molar-refractivity contribution in [2.45, 2.75) is 12.8 Å². The molecule has 0 bridgehead atoms. The molecule has 0 unspecified atom stereocenters. The Morgan fingerprint density at radius 2 is 1.48 bits per heavy atom. The van der Waals surface area contributed by atoms with E-state index in [0.29, 0.717) is 5.56 Å². The number of rotatable bonds is 4. The Morgan fingerprint density at radius 3 is 2.13 bits per heavy atom. The Morgan fingerprint density at radius 1 is 0.826 bits per heavy atom. The second kappa shape index (κ2) is 7.06. The molecule has 0 aliphatic heterocycles. The highest BCUT2D eigenvalue weighted by atomic mass is 19.1. The molecule has 0 aliphatic carbocycles. The minimum absolute atomic E-state index is 0.162. The monoisotopic (exact) mass is 302 g/mol. The minimum atomic E-state index is -0.173. The Kier molecular flexibility index (Phi) is 4.68. The first kappa shape index (κ1) is 15.2. The van der Waals surface area contributed by atoms with Crippen molar-refractivity contribution in [3.63, 3.8) is 0 Å². The number of hydrogen-bond acceptors (Lipinski definition) is 0. The van der Waals surface area contributed by atoms with Gasteiger partial charge in [0, 0.05) is 5.56 Å². The van der Waals surface area contributed by atoms with Gasteiger partial charge in [0.05, 0.1) is 0 Å². The summed E-state index contributed by atoms with van der Waals surface area (Å²) in [6, 6.07) is 25.3. The van der Waals surface area contributed by atoms with Gasteiger partial charge in [-0.15, -0.1) is 0 Å². The SMILES string of the molecule is C[C@H](/C=C/c1ccccc1)c1ccc(-c2ccccc2)c(F)c1. The second-order valence-electron chi connectivity index (χ2n) is 5.66. The molecule has 0 N–H and O–H groups in total. The van der Waals surface area contributed by atoms with E-state index in [1.807, 2.05) is 60.7 Å². The first-order chi connectivity index (χ1) is 11.2. The van der Waals surface area contributed by atoms with Gasteiger partial charge in [-0.2, -0.15) is 0 Å². The smallest absolute Gasteiger partial charge is 0.131 e. The van der Waals surface area contributed by atoms with Crippen LogP contribution >= 0.6 is 0 Å². The molecule has 1 heteroatoms. The molecule has 0 spiro atoms. The average molecular weight is 302 g/mol. The third kappa shape index (κ3) is 3.75. The van der Waals surface area contributed by atoms with Gasteiger partial charge in [0.2, 0.25) is 0 Å². The molecule has 3 aromatic rings. The van der Waals surface area contributed by atoms with Crippen molar-refractivity contribution in [1.82, 2.24) is 0 Å². The fourth-order valence-electron chi connectivity index (χ4n) is 2.60. The molecule has 0 aromatic heterocycles. The van der Waals surface area contributed by atoms with Crippen molar-refractivity contribution in [3.05, 3.63) is 102 Å². The van der Waals surface area contributed by atoms with Gasteiger partial charge < -0.3 is 0 Å². The van der Waals surface area contributed by atoms with Gasteiger partial charge in [-0.05, 0) is 28.7 Å². The first-order valence-corrected chi connectivity index (χ1v) is 7.82. The quantitative estimate of drug-likeness (QED) is 0.530. The Hall–Kier alpha value is -2.67. The van der Waals surface area contributed by atoms with Crippen molar-refractivity contribution < 1.29 is 4.39 Å². The second-order valence-corrected chi connectivity index (χ2v) is 5.66. The lowest BCUT2D eigenvalue weighted by atomic mass is 9.96. The van der Waals surface area contributed by atoms with Crippen LogP contribution < -0.4 is 0 Å². The van der Waals surface area contributed by atoms with Crippen LogP contribution in [-0.2, 0) is 0 Å². The molecule has 3 aromatic carbocycles. The highest BCUT2D eigenvalue weighted by molar-refractivity contribution is 5.64. The Balaban J connectivity index is 1.81. The van der Waals surface area contributed by atoms with Crippen molar-refractivity contribution in [3.8, 4) is 11.1 Å². The maximum Gasteiger partial charge on any atom is 0.131 e. The van der Waals surface area contributed by atoms with Crippen LogP contribution in [0, 0.1) is 5.82 Å². The highest BCUT2D eigenvalue weighted by Gasteiger charge is 2.08. The number of allylic oxidation sites excluding steroid dienone is 1. The van der Waals surface area contributed by atoms with Crippen LogP contribution in [0.1, 0.15) is 24.0 Å². The summed E-state index contributed by atoms with van der Waals surface area (Å²) < 4.78 is 14.4. The predicted octanol–water partition coefficient (Wildman–Crippen LogP) is 6.31. The Bertz CT molecular complexity index is 789. The summed E-state index contributed by atoms with van der Waals surface area (Å²) >= 11 is 0. The van der Waals surface area contributed by atoms with Crippen LogP contribution in [0.4, 0.5) is 4.39 Å². The van der Waals surface area contributed by atoms with Crippen molar-refractivity contribution in [1.29, 1.82) is 0 Å². The third-order valence-corrected chi connectivity index (χ3v) is 3.98. The lowest BCUT2D eigenvalue weighted by Gasteiger charge is -2.10. The highest BCUT2D eigenvalue weighted by Crippen LogP contribution is 2.27. The zero-order chi connectivity index (χ0) is 16.1. The first-order valence-electron chi connectivity index (χ1n) is 7.82. The Labute approximate surface area is 136 Å². The summed E-state index contributed by atoms with van der Waals surface area (Å²) in [5.41, 5.74) is 3.69. The molecule has 0 saturated heterocycles. The van der Waals surface area contributed by atoms with Crippen LogP contribution in [-0.4, -0.2) is 0 Å². The molecule has 0 nitrogen and oxygen atoms in total. The summed E-state index contributed by atoms with van der Waals surface area (Å²) in [6.45, 7) is 2.08. The largest absolute Gasteiger partial charge is 0.206 e. The molecular formula is C22H19F. The van der Waals surface area contributed by atoms with Gasteiger partial charge >= 0.3 is 0 Å². The summed E-state index contributed by atoms with van der Waals surface area (Å²) in [6.07, 6.45) is 4.18. The molecule has 3 rings (SSSR count). The fourth-order valence-corrected chi connectivity index (χ4v) is 2.60. The summed E-state index contributed by atoms with van der Waals surface area (Å²) in [7, 11) is 0. The standard InChI is InChI=1S/C22H19F/c1-17(12-13-18-8-4-2-5-9-18)20-14-15-21(22(23)16-20)19-10-6-3-7-11-19/h2-17H,1H3/b13-12+/t17-/m1/s1. The van der Waals surface area contributed by atoms with Gasteiger partial charge in [-0.3, -0.25) is 0 Å². The van der Waals surface area contributed by atoms with E-state index in [9.17, 15) is 4.39 Å². The molecular weight excluding hydrogens is 283 g/mol. The number of benzene rings is 3. The zero-order valence-corrected chi connectivity index (χ0v) is 13.1. The van der Waals surface area contributed by atoms with E-state index in [4.69, 9.17) is 0 Å². The molecule has 0 fully saturated rings. The lowest BCUT2D eigenvalue weighted by Crippen LogP contribution is -1.92. The number of halogens is 1. The van der Waals surface area contributed by atoms with Crippen LogP contribution in [0.3, 0.4) is 0 Å². The van der Waals surface area contributed by atoms with E-state index >= 15 is 0 Å². The fraction of sp³-hybridized carbons (Fsp3) is 0.0909. The minimum Gasteiger partial charge on any atom is -0.206 e. The average Bonchev–Trinajstić information content (AvgIpc) is 2.61. The molecule has 114 valence electrons. The van der Waals surface area contributed by atoms with E-state index in [1.165, 1.54) is 0 Å². The van der Waals surface area contributed by atoms with E-state index in [2.05, 4.69) is 31.2 Å². The maximum absolute atomic E-state index is 14.4. The van der Waals surface area contributed by atoms with Gasteiger partial charge in [0.1, 0.15) is 5.82 Å². The normalized spacial score (nSPS) is 12.4. The van der Waals surface area contributed by atoms with Gasteiger partial charge in [0.15, 0.2) is 0 Å². The predicted molar refractivity (Wildman–Crippen MR) is 95.7 cm³/mol. The number of hydrogen-bond donors (Lipinski definition) is 0. The molecule has 23 heavy (non-hydrogen) atoms. The van der Waals surface area contributed by atoms with Crippen LogP contribution in [0.5, 0.6) is 0 Å². The van der Waals surface area contributed by atoms with Gasteiger partial charge in [0.25, 0.3) is 0 Å². The summed E-state index contributed by atoms with van der Waals surface area (Å²) in [4.78, 5) is 0. The summed E-state index contributed by atoms with van der Waals surface area (Å²) in [5, 5.41) is 0. The molecule has 1 atom stereocenters. The van der Waals surface area contributed by atoms with E-state index in [1.54, 1.807) is 6.07 Å². The zero-order valence-electron chi connectivity index (χ0n) is 13.1. The van der Waals surface area contributed by atoms with Crippen LogP contribution in [0.2, 0.25) is 0 Å². The molecule has 0 radical (unpaired) electrons. The van der Waals surface area contributed by atoms with E-state index in [0.717, 1.165) is 16.7 Å². The van der Waals surface area contributed by atoms with Crippen molar-refractivity contribution >= 4 is 6.08 Å².